The van der Waals surface area contributed by atoms with Crippen molar-refractivity contribution in [3.63, 3.8) is 0 Å². The predicted octanol–water partition coefficient (Wildman–Crippen LogP) is 3.56. The van der Waals surface area contributed by atoms with E-state index in [-0.39, 0.29) is 23.5 Å². The first kappa shape index (κ1) is 22.7. The third-order valence-electron chi connectivity index (χ3n) is 5.58. The molecule has 1 aromatic carbocycles. The van der Waals surface area contributed by atoms with Crippen LogP contribution in [0.4, 0.5) is 10.1 Å². The first-order chi connectivity index (χ1) is 14.8. The van der Waals surface area contributed by atoms with Crippen molar-refractivity contribution in [1.82, 2.24) is 15.1 Å². The van der Waals surface area contributed by atoms with Gasteiger partial charge in [0.05, 0.1) is 16.9 Å². The molecule has 3 N–H and O–H groups in total. The van der Waals surface area contributed by atoms with Crippen LogP contribution >= 0.6 is 0 Å². The van der Waals surface area contributed by atoms with Crippen LogP contribution in [0.2, 0.25) is 0 Å². The minimum Gasteiger partial charge on any atom is -0.365 e. The summed E-state index contributed by atoms with van der Waals surface area (Å²) in [5, 5.41) is 23.2. The third-order valence-corrected chi connectivity index (χ3v) is 5.58. The van der Waals surface area contributed by atoms with Crippen molar-refractivity contribution in [3.05, 3.63) is 53.1 Å². The Kier molecular flexibility index (Phi) is 7.27. The average molecular weight is 427 g/mol. The Morgan fingerprint density at radius 3 is 2.71 bits per heavy atom. The van der Waals surface area contributed by atoms with Crippen molar-refractivity contribution < 1.29 is 4.39 Å². The van der Waals surface area contributed by atoms with E-state index in [1.807, 2.05) is 18.2 Å². The molecule has 0 aliphatic carbocycles. The molecule has 1 aromatic heterocycles. The maximum absolute atomic E-state index is 15.1. The molecule has 2 unspecified atom stereocenters. The van der Waals surface area contributed by atoms with Gasteiger partial charge >= 0.3 is 0 Å². The Bertz CT molecular complexity index is 931. The Morgan fingerprint density at radius 1 is 1.29 bits per heavy atom. The van der Waals surface area contributed by atoms with Gasteiger partial charge in [0.1, 0.15) is 5.82 Å². The van der Waals surface area contributed by atoms with Gasteiger partial charge in [-0.05, 0) is 56.0 Å². The number of anilines is 1. The summed E-state index contributed by atoms with van der Waals surface area (Å²) in [6.07, 6.45) is 2.42. The van der Waals surface area contributed by atoms with E-state index in [1.165, 1.54) is 6.07 Å². The third kappa shape index (κ3) is 5.41. The normalized spacial score (nSPS) is 20.0. The Balaban J connectivity index is 1.93. The lowest BCUT2D eigenvalue weighted by molar-refractivity contribution is 0.155. The molecule has 9 heteroatoms. The van der Waals surface area contributed by atoms with Crippen LogP contribution < -0.4 is 10.7 Å². The summed E-state index contributed by atoms with van der Waals surface area (Å²) in [5.41, 5.74) is 2.64. The fourth-order valence-corrected chi connectivity index (χ4v) is 4.18. The molecule has 31 heavy (non-hydrogen) atoms. The van der Waals surface area contributed by atoms with E-state index < -0.39 is 5.82 Å². The number of hydrogen-bond acceptors (Lipinski definition) is 6. The van der Waals surface area contributed by atoms with Crippen LogP contribution in [0.5, 0.6) is 0 Å². The van der Waals surface area contributed by atoms with Crippen molar-refractivity contribution in [2.75, 3.05) is 18.0 Å². The van der Waals surface area contributed by atoms with Gasteiger partial charge in [-0.2, -0.15) is 10.2 Å². The molecule has 0 radical (unpaired) electrons. The molecule has 8 nitrogen and oxygen atoms in total. The van der Waals surface area contributed by atoms with E-state index >= 15 is 4.39 Å². The highest BCUT2D eigenvalue weighted by molar-refractivity contribution is 6.02. The van der Waals surface area contributed by atoms with Crippen LogP contribution in [0.15, 0.2) is 40.8 Å². The van der Waals surface area contributed by atoms with Crippen molar-refractivity contribution in [2.24, 2.45) is 22.1 Å². The highest BCUT2D eigenvalue weighted by Crippen LogP contribution is 2.32. The Morgan fingerprint density at radius 2 is 2.06 bits per heavy atom. The van der Waals surface area contributed by atoms with Crippen molar-refractivity contribution >= 4 is 11.5 Å². The van der Waals surface area contributed by atoms with Crippen LogP contribution in [-0.4, -0.2) is 46.1 Å². The molecule has 1 aliphatic heterocycles. The number of aromatic nitrogens is 2. The summed E-state index contributed by atoms with van der Waals surface area (Å²) in [5.74, 6) is 4.80. The molecular formula is C22H31FN8. The van der Waals surface area contributed by atoms with Crippen LogP contribution in [0, 0.1) is 17.1 Å². The maximum atomic E-state index is 15.1. The highest BCUT2D eigenvalue weighted by Gasteiger charge is 2.32. The molecule has 166 valence electrons. The topological polar surface area (TPSA) is 107 Å². The molecule has 3 rings (SSSR count). The lowest BCUT2D eigenvalue weighted by atomic mass is 9.97. The molecule has 0 amide bonds. The summed E-state index contributed by atoms with van der Waals surface area (Å²) in [4.78, 5) is 4.52. The molecule has 1 aliphatic rings. The van der Waals surface area contributed by atoms with Gasteiger partial charge in [0.2, 0.25) is 0 Å². The minimum atomic E-state index is -0.465. The number of nitrogens with zero attached hydrogens (tertiary/aromatic N) is 6. The number of nitrogens with two attached hydrogens (primary N) is 1. The van der Waals surface area contributed by atoms with Gasteiger partial charge in [-0.25, -0.2) is 4.39 Å². The standard InChI is InChI=1S/C22H31FN8/c1-14(2)8-17-9-19(23)21(22(24)28-29-25)20(10-17)31-12-15(3)30(11-16(31)4)13-18-6-5-7-26-27-18/h5-7,9-10,14-16H,8,11-13H2,1-4H3,(H3,24,25,28). The minimum absolute atomic E-state index is 0.0999. The number of piperazine rings is 1. The molecule has 1 fully saturated rings. The zero-order valence-corrected chi connectivity index (χ0v) is 18.6. The average Bonchev–Trinajstić information content (AvgIpc) is 2.70. The molecule has 0 saturated carbocycles. The summed E-state index contributed by atoms with van der Waals surface area (Å²) in [6, 6.07) is 7.65. The van der Waals surface area contributed by atoms with Gasteiger partial charge in [0, 0.05) is 37.9 Å². The van der Waals surface area contributed by atoms with Crippen molar-refractivity contribution in [2.45, 2.75) is 52.7 Å². The quantitative estimate of drug-likeness (QED) is 0.241. The van der Waals surface area contributed by atoms with E-state index in [0.29, 0.717) is 24.7 Å². The largest absolute Gasteiger partial charge is 0.365 e. The molecule has 0 bridgehead atoms. The van der Waals surface area contributed by atoms with Gasteiger partial charge in [0.25, 0.3) is 0 Å². The predicted molar refractivity (Wildman–Crippen MR) is 120 cm³/mol. The zero-order chi connectivity index (χ0) is 22.5. The molecule has 1 saturated heterocycles. The van der Waals surface area contributed by atoms with Crippen LogP contribution in [0.25, 0.3) is 0 Å². The lowest BCUT2D eigenvalue weighted by Gasteiger charge is -2.45. The SMILES string of the molecule is CC(C)Cc1cc(F)c(C(=N)/N=N\N)c(N2CC(C)N(Cc3cccnn3)CC2C)c1. The Labute approximate surface area is 182 Å². The number of halogens is 1. The highest BCUT2D eigenvalue weighted by atomic mass is 19.1. The number of nitrogens with one attached hydrogen (secondary N) is 1. The first-order valence-electron chi connectivity index (χ1n) is 10.6. The molecule has 2 heterocycles. The van der Waals surface area contributed by atoms with Crippen LogP contribution in [0.3, 0.4) is 0 Å². The van der Waals surface area contributed by atoms with Gasteiger partial charge in [-0.1, -0.05) is 19.1 Å². The lowest BCUT2D eigenvalue weighted by Crippen LogP contribution is -2.56. The zero-order valence-electron chi connectivity index (χ0n) is 18.6. The maximum Gasteiger partial charge on any atom is 0.181 e. The molecule has 0 spiro atoms. The van der Waals surface area contributed by atoms with Crippen LogP contribution in [-0.2, 0) is 13.0 Å². The Hall–Kier alpha value is -2.94. The summed E-state index contributed by atoms with van der Waals surface area (Å²) >= 11 is 0. The second-order valence-corrected chi connectivity index (χ2v) is 8.63. The number of benzene rings is 1. The van der Waals surface area contributed by atoms with E-state index in [4.69, 9.17) is 11.3 Å². The second kappa shape index (κ2) is 9.91. The van der Waals surface area contributed by atoms with Crippen LogP contribution in [0.1, 0.15) is 44.5 Å². The molecule has 2 atom stereocenters. The fourth-order valence-electron chi connectivity index (χ4n) is 4.18. The first-order valence-corrected chi connectivity index (χ1v) is 10.6. The summed E-state index contributed by atoms with van der Waals surface area (Å²) < 4.78 is 15.1. The molecule has 2 aromatic rings. The van der Waals surface area contributed by atoms with Crippen molar-refractivity contribution in [3.8, 4) is 0 Å². The fraction of sp³-hybridized carbons (Fsp3) is 0.500. The monoisotopic (exact) mass is 426 g/mol. The van der Waals surface area contributed by atoms with Gasteiger partial charge < -0.3 is 10.7 Å². The van der Waals surface area contributed by atoms with E-state index in [0.717, 1.165) is 24.2 Å². The van der Waals surface area contributed by atoms with E-state index in [9.17, 15) is 0 Å². The second-order valence-electron chi connectivity index (χ2n) is 8.63. The van der Waals surface area contributed by atoms with Gasteiger partial charge in [-0.15, -0.1) is 5.11 Å². The van der Waals surface area contributed by atoms with E-state index in [2.05, 4.69) is 58.0 Å². The van der Waals surface area contributed by atoms with E-state index in [1.54, 1.807) is 6.20 Å². The smallest absolute Gasteiger partial charge is 0.181 e. The van der Waals surface area contributed by atoms with Gasteiger partial charge in [-0.3, -0.25) is 10.3 Å². The van der Waals surface area contributed by atoms with Gasteiger partial charge in [0.15, 0.2) is 5.84 Å². The van der Waals surface area contributed by atoms with Crippen molar-refractivity contribution in [1.29, 1.82) is 5.41 Å². The number of rotatable bonds is 6. The number of amidine groups is 1. The summed E-state index contributed by atoms with van der Waals surface area (Å²) in [7, 11) is 0. The number of hydrogen-bond donors (Lipinski definition) is 2. The molecular weight excluding hydrogens is 395 g/mol. The summed E-state index contributed by atoms with van der Waals surface area (Å²) in [6.45, 7) is 10.6.